The number of nitrogens with zero attached hydrogens (tertiary/aromatic N) is 4. The van der Waals surface area contributed by atoms with Crippen LogP contribution in [0.4, 0.5) is 18.9 Å². The number of ether oxygens (including phenoxy) is 1. The number of pyridine rings is 2. The minimum atomic E-state index is -4.49. The molecule has 4 rings (SSSR count). The predicted molar refractivity (Wildman–Crippen MR) is 124 cm³/mol. The van der Waals surface area contributed by atoms with Crippen molar-refractivity contribution in [2.75, 3.05) is 5.32 Å². The van der Waals surface area contributed by atoms with E-state index in [4.69, 9.17) is 4.74 Å². The van der Waals surface area contributed by atoms with Crippen molar-refractivity contribution in [1.82, 2.24) is 19.7 Å². The zero-order valence-corrected chi connectivity index (χ0v) is 19.2. The van der Waals surface area contributed by atoms with E-state index in [1.165, 1.54) is 23.1 Å². The van der Waals surface area contributed by atoms with E-state index >= 15 is 0 Å². The predicted octanol–water partition coefficient (Wildman–Crippen LogP) is 6.16. The lowest BCUT2D eigenvalue weighted by molar-refractivity contribution is -0.137. The number of aromatic nitrogens is 4. The lowest BCUT2D eigenvalue weighted by Gasteiger charge is -2.13. The first kappa shape index (κ1) is 23.9. The van der Waals surface area contributed by atoms with Crippen molar-refractivity contribution in [3.05, 3.63) is 89.5 Å². The minimum absolute atomic E-state index is 0.161. The van der Waals surface area contributed by atoms with E-state index in [0.717, 1.165) is 17.8 Å². The van der Waals surface area contributed by atoms with E-state index in [0.29, 0.717) is 23.0 Å². The molecule has 0 saturated carbocycles. The normalized spacial score (nSPS) is 11.5. The highest BCUT2D eigenvalue weighted by atomic mass is 19.4. The Kier molecular flexibility index (Phi) is 6.54. The molecule has 0 aliphatic rings. The molecular weight excluding hydrogens is 459 g/mol. The molecule has 0 bridgehead atoms. The number of aryl methyl sites for hydroxylation is 1. The molecule has 4 aromatic rings. The van der Waals surface area contributed by atoms with Crippen LogP contribution in [0.25, 0.3) is 5.82 Å². The Bertz CT molecular complexity index is 1310. The first-order valence-corrected chi connectivity index (χ1v) is 10.8. The maximum atomic E-state index is 13.0. The van der Waals surface area contributed by atoms with Gasteiger partial charge in [0.05, 0.1) is 34.9 Å². The van der Waals surface area contributed by atoms with Gasteiger partial charge in [-0.15, -0.1) is 0 Å². The van der Waals surface area contributed by atoms with Crippen molar-refractivity contribution < 1.29 is 22.7 Å². The maximum absolute atomic E-state index is 13.0. The summed E-state index contributed by atoms with van der Waals surface area (Å²) in [5.41, 5.74) is 1.49. The summed E-state index contributed by atoms with van der Waals surface area (Å²) in [5, 5.41) is 6.97. The van der Waals surface area contributed by atoms with Crippen molar-refractivity contribution in [1.29, 1.82) is 0 Å². The number of hydrogen-bond acceptors (Lipinski definition) is 5. The van der Waals surface area contributed by atoms with Gasteiger partial charge in [-0.2, -0.15) is 18.3 Å². The average molecular weight is 481 g/mol. The van der Waals surface area contributed by atoms with Crippen LogP contribution in [0.5, 0.6) is 11.6 Å². The lowest BCUT2D eigenvalue weighted by Crippen LogP contribution is -2.16. The summed E-state index contributed by atoms with van der Waals surface area (Å²) in [7, 11) is 0. The van der Waals surface area contributed by atoms with Gasteiger partial charge in [-0.05, 0) is 43.2 Å². The quantitative estimate of drug-likeness (QED) is 0.357. The maximum Gasteiger partial charge on any atom is 0.417 e. The third-order valence-electron chi connectivity index (χ3n) is 5.13. The number of benzene rings is 1. The number of rotatable bonds is 6. The van der Waals surface area contributed by atoms with Crippen molar-refractivity contribution in [2.24, 2.45) is 0 Å². The molecule has 1 aromatic carbocycles. The van der Waals surface area contributed by atoms with E-state index in [1.54, 1.807) is 12.1 Å². The Morgan fingerprint density at radius 1 is 0.971 bits per heavy atom. The van der Waals surface area contributed by atoms with Gasteiger partial charge >= 0.3 is 6.18 Å². The SMILES string of the molecule is Cc1ccc(Oc2ccc(NC(=O)c3cnn(-c4ccc(C(F)(F)F)cn4)c3C(C)C)cn2)cc1. The Morgan fingerprint density at radius 2 is 1.71 bits per heavy atom. The third kappa shape index (κ3) is 5.48. The first-order chi connectivity index (χ1) is 16.6. The molecule has 1 N–H and O–H groups in total. The highest BCUT2D eigenvalue weighted by Gasteiger charge is 2.31. The Morgan fingerprint density at radius 3 is 2.29 bits per heavy atom. The second-order valence-corrected chi connectivity index (χ2v) is 8.17. The highest BCUT2D eigenvalue weighted by Crippen LogP contribution is 2.30. The van der Waals surface area contributed by atoms with Gasteiger partial charge in [-0.1, -0.05) is 31.5 Å². The molecule has 10 heteroatoms. The fraction of sp³-hybridized carbons (Fsp3) is 0.200. The zero-order valence-electron chi connectivity index (χ0n) is 19.2. The summed E-state index contributed by atoms with van der Waals surface area (Å²) in [6.45, 7) is 5.69. The molecule has 180 valence electrons. The van der Waals surface area contributed by atoms with E-state index in [1.807, 2.05) is 45.0 Å². The summed E-state index contributed by atoms with van der Waals surface area (Å²) < 4.78 is 45.7. The van der Waals surface area contributed by atoms with Crippen LogP contribution in [0.1, 0.15) is 46.9 Å². The number of hydrogen-bond donors (Lipinski definition) is 1. The fourth-order valence-corrected chi connectivity index (χ4v) is 3.39. The van der Waals surface area contributed by atoms with Gasteiger partial charge in [-0.25, -0.2) is 14.6 Å². The third-order valence-corrected chi connectivity index (χ3v) is 5.13. The van der Waals surface area contributed by atoms with Gasteiger partial charge in [0.15, 0.2) is 5.82 Å². The topological polar surface area (TPSA) is 81.9 Å². The summed E-state index contributed by atoms with van der Waals surface area (Å²) in [6, 6.07) is 13.0. The molecule has 3 heterocycles. The van der Waals surface area contributed by atoms with E-state index in [2.05, 4.69) is 20.4 Å². The largest absolute Gasteiger partial charge is 0.439 e. The standard InChI is InChI=1S/C25H22F3N5O2/c1-15(2)23-20(14-31-33(23)21-10-6-17(12-29-21)25(26,27)28)24(34)32-18-7-11-22(30-13-18)35-19-8-4-16(3)5-9-19/h4-15H,1-3H3,(H,32,34). The Balaban J connectivity index is 1.51. The molecule has 0 aliphatic carbocycles. The van der Waals surface area contributed by atoms with Gasteiger partial charge in [0, 0.05) is 12.3 Å². The highest BCUT2D eigenvalue weighted by molar-refractivity contribution is 6.05. The van der Waals surface area contributed by atoms with Crippen molar-refractivity contribution in [3.63, 3.8) is 0 Å². The van der Waals surface area contributed by atoms with Crippen molar-refractivity contribution >= 4 is 11.6 Å². The Hall–Kier alpha value is -4.21. The second kappa shape index (κ2) is 9.57. The van der Waals surface area contributed by atoms with Crippen LogP contribution in [0.2, 0.25) is 0 Å². The van der Waals surface area contributed by atoms with Gasteiger partial charge in [0.25, 0.3) is 5.91 Å². The van der Waals surface area contributed by atoms with E-state index in [-0.39, 0.29) is 17.3 Å². The fourth-order valence-electron chi connectivity index (χ4n) is 3.39. The molecule has 0 unspecified atom stereocenters. The molecule has 35 heavy (non-hydrogen) atoms. The molecule has 0 saturated heterocycles. The van der Waals surface area contributed by atoms with E-state index < -0.39 is 17.6 Å². The molecular formula is C25H22F3N5O2. The van der Waals surface area contributed by atoms with Crippen molar-refractivity contribution in [2.45, 2.75) is 32.9 Å². The summed E-state index contributed by atoms with van der Waals surface area (Å²) >= 11 is 0. The number of carbonyl (C=O) groups excluding carboxylic acids is 1. The molecule has 0 fully saturated rings. The average Bonchev–Trinajstić information content (AvgIpc) is 3.27. The van der Waals surface area contributed by atoms with E-state index in [9.17, 15) is 18.0 Å². The van der Waals surface area contributed by atoms with Gasteiger partial charge in [0.2, 0.25) is 5.88 Å². The van der Waals surface area contributed by atoms with Crippen LogP contribution < -0.4 is 10.1 Å². The number of amides is 1. The molecule has 7 nitrogen and oxygen atoms in total. The molecule has 3 aromatic heterocycles. The van der Waals surface area contributed by atoms with Gasteiger partial charge in [0.1, 0.15) is 5.75 Å². The zero-order chi connectivity index (χ0) is 25.2. The second-order valence-electron chi connectivity index (χ2n) is 8.17. The number of anilines is 1. The smallest absolute Gasteiger partial charge is 0.417 e. The summed E-state index contributed by atoms with van der Waals surface area (Å²) in [4.78, 5) is 21.1. The van der Waals surface area contributed by atoms with Crippen molar-refractivity contribution in [3.8, 4) is 17.4 Å². The summed E-state index contributed by atoms with van der Waals surface area (Å²) in [6.07, 6.45) is -0.909. The monoisotopic (exact) mass is 481 g/mol. The van der Waals surface area contributed by atoms with Crippen LogP contribution in [0.15, 0.2) is 67.1 Å². The van der Waals surface area contributed by atoms with Crippen LogP contribution in [-0.4, -0.2) is 25.7 Å². The lowest BCUT2D eigenvalue weighted by atomic mass is 10.1. The minimum Gasteiger partial charge on any atom is -0.439 e. The number of alkyl halides is 3. The van der Waals surface area contributed by atoms with Crippen LogP contribution in [-0.2, 0) is 6.18 Å². The number of nitrogens with one attached hydrogen (secondary N) is 1. The number of carbonyl (C=O) groups is 1. The van der Waals surface area contributed by atoms with Gasteiger partial charge in [-0.3, -0.25) is 4.79 Å². The van der Waals surface area contributed by atoms with Crippen LogP contribution in [0.3, 0.4) is 0 Å². The summed E-state index contributed by atoms with van der Waals surface area (Å²) in [5.74, 6) is 0.605. The van der Waals surface area contributed by atoms with Gasteiger partial charge < -0.3 is 10.1 Å². The molecule has 1 amide bonds. The number of halogens is 3. The molecule has 0 spiro atoms. The Labute approximate surface area is 199 Å². The molecule has 0 aliphatic heterocycles. The molecule has 0 radical (unpaired) electrons. The van der Waals surface area contributed by atoms with Crippen LogP contribution >= 0.6 is 0 Å². The van der Waals surface area contributed by atoms with Crippen LogP contribution in [0, 0.1) is 6.92 Å². The first-order valence-electron chi connectivity index (χ1n) is 10.8. The molecule has 0 atom stereocenters.